The van der Waals surface area contributed by atoms with Gasteiger partial charge in [0.2, 0.25) is 11.8 Å². The fraction of sp³-hybridized carbons (Fsp3) is 0.556. The van der Waals surface area contributed by atoms with E-state index in [1.54, 1.807) is 31.1 Å². The Morgan fingerprint density at radius 3 is 2.72 bits per heavy atom. The van der Waals surface area contributed by atoms with Gasteiger partial charge in [0.05, 0.1) is 18.5 Å². The van der Waals surface area contributed by atoms with Gasteiger partial charge in [-0.1, -0.05) is 29.3 Å². The Balaban J connectivity index is 1.90. The number of likely N-dealkylation sites (tertiary alicyclic amines) is 1. The van der Waals surface area contributed by atoms with Crippen molar-refractivity contribution < 1.29 is 9.59 Å². The number of carbonyl (C=O) groups is 2. The number of carbonyl (C=O) groups excluding carboxylic acids is 2. The van der Waals surface area contributed by atoms with Crippen LogP contribution < -0.4 is 5.32 Å². The van der Waals surface area contributed by atoms with Crippen LogP contribution in [0.25, 0.3) is 0 Å². The second-order valence-electron chi connectivity index (χ2n) is 6.76. The molecule has 1 N–H and O–H groups in total. The van der Waals surface area contributed by atoms with Crippen LogP contribution in [0.15, 0.2) is 18.2 Å². The second-order valence-corrected chi connectivity index (χ2v) is 7.61. The Kier molecular flexibility index (Phi) is 7.11. The first-order valence-corrected chi connectivity index (χ1v) is 9.21. The fourth-order valence-electron chi connectivity index (χ4n) is 3.19. The van der Waals surface area contributed by atoms with Crippen molar-refractivity contribution in [3.8, 4) is 0 Å². The highest BCUT2D eigenvalue weighted by molar-refractivity contribution is 6.35. The van der Waals surface area contributed by atoms with Crippen LogP contribution in [0, 0.1) is 5.92 Å². The number of hydrogen-bond donors (Lipinski definition) is 1. The van der Waals surface area contributed by atoms with E-state index in [-0.39, 0.29) is 30.3 Å². The van der Waals surface area contributed by atoms with Crippen molar-refractivity contribution in [3.05, 3.63) is 33.8 Å². The maximum Gasteiger partial charge on any atom is 0.234 e. The van der Waals surface area contributed by atoms with Gasteiger partial charge < -0.3 is 10.2 Å². The van der Waals surface area contributed by atoms with Crippen molar-refractivity contribution in [2.45, 2.75) is 25.8 Å². The van der Waals surface area contributed by atoms with Crippen molar-refractivity contribution >= 4 is 35.0 Å². The lowest BCUT2D eigenvalue weighted by Crippen LogP contribution is -2.46. The van der Waals surface area contributed by atoms with E-state index in [0.29, 0.717) is 16.6 Å². The smallest absolute Gasteiger partial charge is 0.234 e. The minimum absolute atomic E-state index is 0.0281. The molecule has 1 saturated heterocycles. The SMILES string of the molecule is CC(NC(=O)CN1CCCC(C(=O)N(C)C)C1)c1ccc(Cl)cc1Cl. The van der Waals surface area contributed by atoms with Crippen LogP contribution >= 0.6 is 23.2 Å². The van der Waals surface area contributed by atoms with Crippen LogP contribution in [0.1, 0.15) is 31.4 Å². The summed E-state index contributed by atoms with van der Waals surface area (Å²) < 4.78 is 0. The molecule has 0 aliphatic carbocycles. The molecule has 0 radical (unpaired) electrons. The highest BCUT2D eigenvalue weighted by Gasteiger charge is 2.28. The fourth-order valence-corrected chi connectivity index (χ4v) is 3.76. The van der Waals surface area contributed by atoms with Crippen molar-refractivity contribution in [3.63, 3.8) is 0 Å². The third-order valence-corrected chi connectivity index (χ3v) is 5.03. The topological polar surface area (TPSA) is 52.7 Å². The molecule has 0 bridgehead atoms. The molecular weight excluding hydrogens is 361 g/mol. The molecule has 1 aromatic carbocycles. The Morgan fingerprint density at radius 2 is 2.08 bits per heavy atom. The average molecular weight is 386 g/mol. The summed E-state index contributed by atoms with van der Waals surface area (Å²) in [7, 11) is 3.54. The van der Waals surface area contributed by atoms with Gasteiger partial charge in [-0.05, 0) is 44.0 Å². The summed E-state index contributed by atoms with van der Waals surface area (Å²) >= 11 is 12.1. The Hall–Kier alpha value is -1.30. The molecule has 0 spiro atoms. The highest BCUT2D eigenvalue weighted by atomic mass is 35.5. The quantitative estimate of drug-likeness (QED) is 0.847. The lowest BCUT2D eigenvalue weighted by atomic mass is 9.97. The maximum absolute atomic E-state index is 12.4. The van der Waals surface area contributed by atoms with Crippen LogP contribution in [-0.2, 0) is 9.59 Å². The largest absolute Gasteiger partial charge is 0.349 e. The number of benzene rings is 1. The lowest BCUT2D eigenvalue weighted by Gasteiger charge is -2.33. The van der Waals surface area contributed by atoms with E-state index < -0.39 is 0 Å². The molecule has 1 aliphatic heterocycles. The van der Waals surface area contributed by atoms with Crippen LogP contribution in [0.4, 0.5) is 0 Å². The molecule has 25 heavy (non-hydrogen) atoms. The number of halogens is 2. The zero-order valence-corrected chi connectivity index (χ0v) is 16.4. The molecule has 2 atom stereocenters. The van der Waals surface area contributed by atoms with E-state index in [2.05, 4.69) is 5.32 Å². The summed E-state index contributed by atoms with van der Waals surface area (Å²) in [6, 6.07) is 5.04. The number of nitrogens with one attached hydrogen (secondary N) is 1. The molecule has 1 aromatic rings. The average Bonchev–Trinajstić information content (AvgIpc) is 2.53. The predicted octanol–water partition coefficient (Wildman–Crippen LogP) is 2.97. The van der Waals surface area contributed by atoms with Crippen LogP contribution in [0.2, 0.25) is 10.0 Å². The third-order valence-electron chi connectivity index (χ3n) is 4.47. The first kappa shape index (κ1) is 20.0. The van der Waals surface area contributed by atoms with E-state index in [0.717, 1.165) is 24.9 Å². The maximum atomic E-state index is 12.4. The van der Waals surface area contributed by atoms with Crippen LogP contribution in [0.3, 0.4) is 0 Å². The summed E-state index contributed by atoms with van der Waals surface area (Å²) in [5.74, 6) is 0.0302. The van der Waals surface area contributed by atoms with Gasteiger partial charge in [0.15, 0.2) is 0 Å². The van der Waals surface area contributed by atoms with Gasteiger partial charge >= 0.3 is 0 Å². The standard InChI is InChI=1S/C18H25Cl2N3O2/c1-12(15-7-6-14(19)9-16(15)20)21-17(24)11-23-8-4-5-13(10-23)18(25)22(2)3/h6-7,9,12-13H,4-5,8,10-11H2,1-3H3,(H,21,24). The minimum atomic E-state index is -0.207. The number of amides is 2. The Labute approximate surface area is 159 Å². The van der Waals surface area contributed by atoms with Gasteiger partial charge in [-0.15, -0.1) is 0 Å². The van der Waals surface area contributed by atoms with Gasteiger partial charge in [-0.2, -0.15) is 0 Å². The summed E-state index contributed by atoms with van der Waals surface area (Å²) in [5.41, 5.74) is 0.832. The zero-order valence-electron chi connectivity index (χ0n) is 14.9. The highest BCUT2D eigenvalue weighted by Crippen LogP contribution is 2.26. The number of piperidine rings is 1. The molecule has 138 valence electrons. The number of rotatable bonds is 5. The van der Waals surface area contributed by atoms with E-state index in [4.69, 9.17) is 23.2 Å². The van der Waals surface area contributed by atoms with Gasteiger partial charge in [-0.3, -0.25) is 14.5 Å². The lowest BCUT2D eigenvalue weighted by molar-refractivity contribution is -0.135. The molecule has 2 amide bonds. The van der Waals surface area contributed by atoms with E-state index in [1.165, 1.54) is 0 Å². The Morgan fingerprint density at radius 1 is 1.36 bits per heavy atom. The summed E-state index contributed by atoms with van der Waals surface area (Å²) in [6.45, 7) is 3.63. The molecule has 1 fully saturated rings. The molecule has 2 rings (SSSR count). The predicted molar refractivity (Wildman–Crippen MR) is 101 cm³/mol. The first-order valence-electron chi connectivity index (χ1n) is 8.45. The van der Waals surface area contributed by atoms with Gasteiger partial charge in [0, 0.05) is 30.7 Å². The van der Waals surface area contributed by atoms with Crippen molar-refractivity contribution in [2.75, 3.05) is 33.7 Å². The van der Waals surface area contributed by atoms with Crippen LogP contribution in [0.5, 0.6) is 0 Å². The monoisotopic (exact) mass is 385 g/mol. The minimum Gasteiger partial charge on any atom is -0.349 e. The number of hydrogen-bond acceptors (Lipinski definition) is 3. The molecule has 0 aromatic heterocycles. The molecule has 2 unspecified atom stereocenters. The van der Waals surface area contributed by atoms with Crippen molar-refractivity contribution in [1.29, 1.82) is 0 Å². The summed E-state index contributed by atoms with van der Waals surface area (Å²) in [5, 5.41) is 4.07. The van der Waals surface area contributed by atoms with Gasteiger partial charge in [0.25, 0.3) is 0 Å². The van der Waals surface area contributed by atoms with Gasteiger partial charge in [-0.25, -0.2) is 0 Å². The molecular formula is C18H25Cl2N3O2. The van der Waals surface area contributed by atoms with E-state index in [9.17, 15) is 9.59 Å². The van der Waals surface area contributed by atoms with Crippen molar-refractivity contribution in [1.82, 2.24) is 15.1 Å². The van der Waals surface area contributed by atoms with Crippen LogP contribution in [-0.4, -0.2) is 55.3 Å². The van der Waals surface area contributed by atoms with Crippen molar-refractivity contribution in [2.24, 2.45) is 5.92 Å². The Bertz CT molecular complexity index is 637. The molecule has 7 heteroatoms. The summed E-state index contributed by atoms with van der Waals surface area (Å²) in [4.78, 5) is 28.2. The summed E-state index contributed by atoms with van der Waals surface area (Å²) in [6.07, 6.45) is 1.81. The van der Waals surface area contributed by atoms with Gasteiger partial charge in [0.1, 0.15) is 0 Å². The zero-order chi connectivity index (χ0) is 18.6. The third kappa shape index (κ3) is 5.59. The normalized spacial score (nSPS) is 19.3. The molecule has 5 nitrogen and oxygen atoms in total. The van der Waals surface area contributed by atoms with E-state index in [1.807, 2.05) is 17.9 Å². The second kappa shape index (κ2) is 8.88. The first-order chi connectivity index (χ1) is 11.8. The molecule has 1 heterocycles. The number of nitrogens with zero attached hydrogens (tertiary/aromatic N) is 2. The van der Waals surface area contributed by atoms with E-state index >= 15 is 0 Å². The molecule has 0 saturated carbocycles. The molecule has 1 aliphatic rings.